The number of aromatic nitrogens is 2. The molecule has 0 saturated carbocycles. The molecule has 3 aromatic rings. The van der Waals surface area contributed by atoms with Gasteiger partial charge in [-0.15, -0.1) is 11.3 Å². The highest BCUT2D eigenvalue weighted by Gasteiger charge is 2.29. The number of carbonyl (C=O) groups excluding carboxylic acids is 2. The molecule has 0 saturated heterocycles. The van der Waals surface area contributed by atoms with E-state index in [9.17, 15) is 14.0 Å². The fraction of sp³-hybridized carbons (Fsp3) is 0.273. The number of anilines is 2. The quantitative estimate of drug-likeness (QED) is 0.284. The van der Waals surface area contributed by atoms with Gasteiger partial charge in [-0.3, -0.25) is 9.78 Å². The van der Waals surface area contributed by atoms with Crippen molar-refractivity contribution >= 4 is 34.0 Å². The molecular formula is C22H22FN3O4S. The molecule has 3 rings (SSSR count). The molecule has 7 nitrogen and oxygen atoms in total. The Morgan fingerprint density at radius 3 is 2.74 bits per heavy atom. The smallest absolute Gasteiger partial charge is 0.397 e. The second-order valence-corrected chi connectivity index (χ2v) is 7.40. The van der Waals surface area contributed by atoms with Crippen LogP contribution in [0.2, 0.25) is 0 Å². The van der Waals surface area contributed by atoms with E-state index in [1.165, 1.54) is 12.1 Å². The molecule has 9 heteroatoms. The minimum atomic E-state index is -1.08. The van der Waals surface area contributed by atoms with E-state index in [1.807, 2.05) is 6.07 Å². The summed E-state index contributed by atoms with van der Waals surface area (Å²) in [7, 11) is 1.11. The van der Waals surface area contributed by atoms with Gasteiger partial charge in [0.05, 0.1) is 25.1 Å². The van der Waals surface area contributed by atoms with Gasteiger partial charge in [0.15, 0.2) is 16.7 Å². The van der Waals surface area contributed by atoms with Crippen molar-refractivity contribution in [3.63, 3.8) is 0 Å². The number of carbonyl (C=O) groups is 2. The SMILES string of the molecule is CCCCCOc1ccc(N(C(=O)C(=O)OC)c2nc(-c3cccnc3)cs2)cc1F. The first-order valence-electron chi connectivity index (χ1n) is 9.75. The first kappa shape index (κ1) is 22.4. The number of rotatable bonds is 8. The van der Waals surface area contributed by atoms with E-state index in [0.717, 1.165) is 54.2 Å². The van der Waals surface area contributed by atoms with Crippen LogP contribution < -0.4 is 9.64 Å². The van der Waals surface area contributed by atoms with Crippen LogP contribution >= 0.6 is 11.3 Å². The molecule has 2 aromatic heterocycles. The highest BCUT2D eigenvalue weighted by molar-refractivity contribution is 7.14. The summed E-state index contributed by atoms with van der Waals surface area (Å²) < 4.78 is 24.7. The number of hydrogen-bond acceptors (Lipinski definition) is 7. The summed E-state index contributed by atoms with van der Waals surface area (Å²) in [5, 5.41) is 1.93. The summed E-state index contributed by atoms with van der Waals surface area (Å²) in [5.41, 5.74) is 1.46. The summed E-state index contributed by atoms with van der Waals surface area (Å²) in [6, 6.07) is 7.66. The highest BCUT2D eigenvalue weighted by Crippen LogP contribution is 2.34. The average Bonchev–Trinajstić information content (AvgIpc) is 3.27. The molecule has 162 valence electrons. The standard InChI is InChI=1S/C22H22FN3O4S/c1-3-4-5-11-30-19-9-8-16(12-17(19)23)26(20(27)21(28)29-2)22-25-18(14-31-22)15-7-6-10-24-13-15/h6-10,12-14H,3-5,11H2,1-2H3. The number of thiazole rings is 1. The molecule has 0 aliphatic heterocycles. The maximum Gasteiger partial charge on any atom is 0.397 e. The fourth-order valence-electron chi connectivity index (χ4n) is 2.79. The molecule has 1 amide bonds. The lowest BCUT2D eigenvalue weighted by Crippen LogP contribution is -2.33. The molecule has 2 heterocycles. The van der Waals surface area contributed by atoms with Crippen LogP contribution in [0.15, 0.2) is 48.1 Å². The van der Waals surface area contributed by atoms with Gasteiger partial charge < -0.3 is 9.47 Å². The number of ether oxygens (including phenoxy) is 2. The summed E-state index contributed by atoms with van der Waals surface area (Å²) >= 11 is 1.14. The number of unbranched alkanes of at least 4 members (excludes halogenated alkanes) is 2. The molecule has 0 radical (unpaired) electrons. The average molecular weight is 444 g/mol. The maximum absolute atomic E-state index is 14.6. The minimum absolute atomic E-state index is 0.0838. The van der Waals surface area contributed by atoms with E-state index in [4.69, 9.17) is 4.74 Å². The van der Waals surface area contributed by atoms with Crippen LogP contribution in [0.25, 0.3) is 11.3 Å². The number of methoxy groups -OCH3 is 1. The van der Waals surface area contributed by atoms with Crippen molar-refractivity contribution < 1.29 is 23.5 Å². The molecule has 0 atom stereocenters. The van der Waals surface area contributed by atoms with E-state index in [1.54, 1.807) is 23.8 Å². The number of esters is 1. The highest BCUT2D eigenvalue weighted by atomic mass is 32.1. The number of halogens is 1. The van der Waals surface area contributed by atoms with Gasteiger partial charge in [-0.2, -0.15) is 0 Å². The third kappa shape index (κ3) is 5.43. The van der Waals surface area contributed by atoms with Gasteiger partial charge in [0.25, 0.3) is 0 Å². The van der Waals surface area contributed by atoms with Crippen LogP contribution in [0.1, 0.15) is 26.2 Å². The molecule has 1 aromatic carbocycles. The molecule has 0 bridgehead atoms. The van der Waals surface area contributed by atoms with Crippen molar-refractivity contribution in [2.45, 2.75) is 26.2 Å². The van der Waals surface area contributed by atoms with Crippen molar-refractivity contribution in [3.8, 4) is 17.0 Å². The van der Waals surface area contributed by atoms with Gasteiger partial charge in [0, 0.05) is 29.4 Å². The molecule has 0 aliphatic carbocycles. The zero-order valence-corrected chi connectivity index (χ0v) is 18.0. The van der Waals surface area contributed by atoms with Crippen molar-refractivity contribution in [2.75, 3.05) is 18.6 Å². The van der Waals surface area contributed by atoms with E-state index < -0.39 is 17.7 Å². The zero-order chi connectivity index (χ0) is 22.2. The number of benzene rings is 1. The van der Waals surface area contributed by atoms with E-state index in [0.29, 0.717) is 12.3 Å². The number of hydrogen-bond donors (Lipinski definition) is 0. The van der Waals surface area contributed by atoms with Gasteiger partial charge in [0.2, 0.25) is 0 Å². The third-order valence-corrected chi connectivity index (χ3v) is 5.21. The zero-order valence-electron chi connectivity index (χ0n) is 17.2. The Hall–Kier alpha value is -3.33. The van der Waals surface area contributed by atoms with Crippen LogP contribution in [-0.2, 0) is 14.3 Å². The third-order valence-electron chi connectivity index (χ3n) is 4.38. The second kappa shape index (κ2) is 10.6. The fourth-order valence-corrected chi connectivity index (χ4v) is 3.64. The molecular weight excluding hydrogens is 421 g/mol. The van der Waals surface area contributed by atoms with Gasteiger partial charge in [-0.25, -0.2) is 19.1 Å². The Morgan fingerprint density at radius 1 is 1.23 bits per heavy atom. The summed E-state index contributed by atoms with van der Waals surface area (Å²) in [6.07, 6.45) is 6.11. The van der Waals surface area contributed by atoms with Crippen LogP contribution in [0, 0.1) is 5.82 Å². The van der Waals surface area contributed by atoms with E-state index in [-0.39, 0.29) is 16.6 Å². The number of amides is 1. The van der Waals surface area contributed by atoms with Gasteiger partial charge >= 0.3 is 11.9 Å². The Bertz CT molecular complexity index is 1040. The molecule has 0 unspecified atom stereocenters. The van der Waals surface area contributed by atoms with Gasteiger partial charge in [-0.1, -0.05) is 19.8 Å². The van der Waals surface area contributed by atoms with E-state index >= 15 is 0 Å². The summed E-state index contributed by atoms with van der Waals surface area (Å²) in [5.74, 6) is -2.62. The van der Waals surface area contributed by atoms with Crippen molar-refractivity contribution in [1.82, 2.24) is 9.97 Å². The Morgan fingerprint density at radius 2 is 2.06 bits per heavy atom. The van der Waals surface area contributed by atoms with Crippen LogP contribution in [-0.4, -0.2) is 35.6 Å². The first-order chi connectivity index (χ1) is 15.0. The van der Waals surface area contributed by atoms with Crippen molar-refractivity contribution in [2.24, 2.45) is 0 Å². The lowest BCUT2D eigenvalue weighted by atomic mass is 10.2. The van der Waals surface area contributed by atoms with Crippen molar-refractivity contribution in [3.05, 3.63) is 53.9 Å². The van der Waals surface area contributed by atoms with Gasteiger partial charge in [0.1, 0.15) is 0 Å². The molecule has 0 spiro atoms. The Balaban J connectivity index is 1.91. The van der Waals surface area contributed by atoms with E-state index in [2.05, 4.69) is 21.6 Å². The minimum Gasteiger partial charge on any atom is -0.491 e. The lowest BCUT2D eigenvalue weighted by Gasteiger charge is -2.19. The molecule has 0 fully saturated rings. The maximum atomic E-state index is 14.6. The summed E-state index contributed by atoms with van der Waals surface area (Å²) in [6.45, 7) is 2.47. The predicted molar refractivity (Wildman–Crippen MR) is 116 cm³/mol. The normalized spacial score (nSPS) is 10.5. The molecule has 0 aliphatic rings. The number of nitrogens with zero attached hydrogens (tertiary/aromatic N) is 3. The van der Waals surface area contributed by atoms with Crippen LogP contribution in [0.5, 0.6) is 5.75 Å². The number of pyridine rings is 1. The summed E-state index contributed by atoms with van der Waals surface area (Å²) in [4.78, 5) is 34.2. The van der Waals surface area contributed by atoms with Gasteiger partial charge in [-0.05, 0) is 30.7 Å². The molecule has 31 heavy (non-hydrogen) atoms. The Labute approximate surface area is 183 Å². The first-order valence-corrected chi connectivity index (χ1v) is 10.6. The monoisotopic (exact) mass is 443 g/mol. The predicted octanol–water partition coefficient (Wildman–Crippen LogP) is 4.75. The largest absolute Gasteiger partial charge is 0.491 e. The van der Waals surface area contributed by atoms with Crippen LogP contribution in [0.4, 0.5) is 15.2 Å². The molecule has 0 N–H and O–H groups in total. The topological polar surface area (TPSA) is 81.6 Å². The van der Waals surface area contributed by atoms with Crippen LogP contribution in [0.3, 0.4) is 0 Å². The Kier molecular flexibility index (Phi) is 7.66. The lowest BCUT2D eigenvalue weighted by molar-refractivity contribution is -0.151. The van der Waals surface area contributed by atoms with Crippen molar-refractivity contribution in [1.29, 1.82) is 0 Å². The second-order valence-electron chi connectivity index (χ2n) is 6.56.